The number of rotatable bonds is 3. The fourth-order valence-corrected chi connectivity index (χ4v) is 3.56. The van der Waals surface area contributed by atoms with Crippen molar-refractivity contribution < 1.29 is 4.79 Å². The smallest absolute Gasteiger partial charge is 0.261 e. The summed E-state index contributed by atoms with van der Waals surface area (Å²) in [6, 6.07) is 5.96. The summed E-state index contributed by atoms with van der Waals surface area (Å²) in [5.74, 6) is 0.0111. The van der Waals surface area contributed by atoms with Gasteiger partial charge in [-0.15, -0.1) is 22.7 Å². The van der Waals surface area contributed by atoms with E-state index in [4.69, 9.17) is 0 Å². The summed E-state index contributed by atoms with van der Waals surface area (Å²) in [4.78, 5) is 13.7. The third-order valence-electron chi connectivity index (χ3n) is 2.12. The zero-order chi connectivity index (χ0) is 11.5. The number of aryl methyl sites for hydroxylation is 1. The SMILES string of the molecule is Cc1ccsc1C(=O)NCc1ccc(Br)s1. The highest BCUT2D eigenvalue weighted by molar-refractivity contribution is 9.11. The molecule has 0 spiro atoms. The fourth-order valence-electron chi connectivity index (χ4n) is 1.30. The van der Waals surface area contributed by atoms with Crippen LogP contribution in [0.2, 0.25) is 0 Å². The maximum atomic E-state index is 11.8. The first-order chi connectivity index (χ1) is 7.66. The first kappa shape index (κ1) is 11.8. The second-order valence-corrected chi connectivity index (χ2v) is 6.78. The summed E-state index contributed by atoms with van der Waals surface area (Å²) in [6.07, 6.45) is 0. The first-order valence-electron chi connectivity index (χ1n) is 4.73. The molecule has 2 heterocycles. The van der Waals surface area contributed by atoms with Gasteiger partial charge in [0.2, 0.25) is 0 Å². The first-order valence-corrected chi connectivity index (χ1v) is 7.22. The molecule has 1 N–H and O–H groups in total. The molecule has 0 saturated heterocycles. The number of hydrogen-bond acceptors (Lipinski definition) is 3. The lowest BCUT2D eigenvalue weighted by atomic mass is 10.3. The number of halogens is 1. The molecule has 16 heavy (non-hydrogen) atoms. The summed E-state index contributed by atoms with van der Waals surface area (Å²) >= 11 is 6.51. The highest BCUT2D eigenvalue weighted by Crippen LogP contribution is 2.22. The van der Waals surface area contributed by atoms with Crippen LogP contribution in [0.25, 0.3) is 0 Å². The summed E-state index contributed by atoms with van der Waals surface area (Å²) in [5.41, 5.74) is 1.04. The van der Waals surface area contributed by atoms with Gasteiger partial charge >= 0.3 is 0 Å². The molecular formula is C11H10BrNOS2. The number of carbonyl (C=O) groups excluding carboxylic acids is 1. The zero-order valence-electron chi connectivity index (χ0n) is 8.62. The van der Waals surface area contributed by atoms with E-state index >= 15 is 0 Å². The van der Waals surface area contributed by atoms with Crippen LogP contribution in [0.4, 0.5) is 0 Å². The molecule has 0 aliphatic rings. The van der Waals surface area contributed by atoms with Crippen LogP contribution in [0.3, 0.4) is 0 Å². The van der Waals surface area contributed by atoms with E-state index < -0.39 is 0 Å². The fraction of sp³-hybridized carbons (Fsp3) is 0.182. The third kappa shape index (κ3) is 2.72. The van der Waals surface area contributed by atoms with Crippen molar-refractivity contribution in [2.75, 3.05) is 0 Å². The van der Waals surface area contributed by atoms with Gasteiger partial charge < -0.3 is 5.32 Å². The quantitative estimate of drug-likeness (QED) is 0.916. The Morgan fingerprint density at radius 2 is 2.25 bits per heavy atom. The van der Waals surface area contributed by atoms with Gasteiger partial charge in [-0.1, -0.05) is 0 Å². The average Bonchev–Trinajstić information content (AvgIpc) is 2.84. The molecule has 2 aromatic heterocycles. The Morgan fingerprint density at radius 1 is 1.44 bits per heavy atom. The molecule has 0 aromatic carbocycles. The van der Waals surface area contributed by atoms with Crippen LogP contribution in [0.15, 0.2) is 27.4 Å². The molecule has 0 aliphatic heterocycles. The molecule has 0 radical (unpaired) electrons. The van der Waals surface area contributed by atoms with Crippen molar-refractivity contribution in [3.8, 4) is 0 Å². The van der Waals surface area contributed by atoms with Crippen LogP contribution in [-0.2, 0) is 6.54 Å². The van der Waals surface area contributed by atoms with Crippen LogP contribution >= 0.6 is 38.6 Å². The molecule has 84 valence electrons. The number of carbonyl (C=O) groups is 1. The summed E-state index contributed by atoms with van der Waals surface area (Å²) in [5, 5.41) is 4.85. The van der Waals surface area contributed by atoms with Gasteiger partial charge in [-0.3, -0.25) is 4.79 Å². The number of thiophene rings is 2. The maximum Gasteiger partial charge on any atom is 0.261 e. The highest BCUT2D eigenvalue weighted by Gasteiger charge is 2.09. The van der Waals surface area contributed by atoms with E-state index in [-0.39, 0.29) is 5.91 Å². The van der Waals surface area contributed by atoms with E-state index in [0.717, 1.165) is 19.1 Å². The molecule has 2 rings (SSSR count). The summed E-state index contributed by atoms with van der Waals surface area (Å²) in [7, 11) is 0. The number of hydrogen-bond donors (Lipinski definition) is 1. The van der Waals surface area contributed by atoms with Gasteiger partial charge in [-0.25, -0.2) is 0 Å². The molecule has 0 aliphatic carbocycles. The molecule has 0 atom stereocenters. The van der Waals surface area contributed by atoms with E-state index in [1.54, 1.807) is 11.3 Å². The second kappa shape index (κ2) is 5.12. The van der Waals surface area contributed by atoms with E-state index in [1.165, 1.54) is 11.3 Å². The Kier molecular flexibility index (Phi) is 3.78. The minimum atomic E-state index is 0.0111. The Morgan fingerprint density at radius 3 is 2.81 bits per heavy atom. The molecule has 5 heteroatoms. The van der Waals surface area contributed by atoms with Crippen LogP contribution in [0.5, 0.6) is 0 Å². The van der Waals surface area contributed by atoms with Crippen molar-refractivity contribution in [2.45, 2.75) is 13.5 Å². The molecule has 0 saturated carbocycles. The summed E-state index contributed by atoms with van der Waals surface area (Å²) < 4.78 is 1.09. The average molecular weight is 316 g/mol. The summed E-state index contributed by atoms with van der Waals surface area (Å²) in [6.45, 7) is 2.54. The largest absolute Gasteiger partial charge is 0.346 e. The Balaban J connectivity index is 1.96. The molecule has 1 amide bonds. The van der Waals surface area contributed by atoms with Gasteiger partial charge in [0.15, 0.2) is 0 Å². The Hall–Kier alpha value is -0.650. The van der Waals surface area contributed by atoms with Crippen molar-refractivity contribution in [2.24, 2.45) is 0 Å². The monoisotopic (exact) mass is 315 g/mol. The highest BCUT2D eigenvalue weighted by atomic mass is 79.9. The van der Waals surface area contributed by atoms with Crippen molar-refractivity contribution >= 4 is 44.5 Å². The van der Waals surface area contributed by atoms with Gasteiger partial charge in [0, 0.05) is 4.88 Å². The van der Waals surface area contributed by atoms with Crippen LogP contribution < -0.4 is 5.32 Å². The number of nitrogens with one attached hydrogen (secondary N) is 1. The van der Waals surface area contributed by atoms with Gasteiger partial charge in [-0.05, 0) is 52.0 Å². The van der Waals surface area contributed by atoms with Gasteiger partial charge in [0.25, 0.3) is 5.91 Å². The van der Waals surface area contributed by atoms with E-state index in [1.807, 2.05) is 30.5 Å². The van der Waals surface area contributed by atoms with Gasteiger partial charge in [0.1, 0.15) is 0 Å². The predicted octanol–water partition coefficient (Wildman–Crippen LogP) is 3.81. The van der Waals surface area contributed by atoms with Crippen molar-refractivity contribution in [1.82, 2.24) is 5.32 Å². The Bertz CT molecular complexity index is 504. The maximum absolute atomic E-state index is 11.8. The minimum Gasteiger partial charge on any atom is -0.346 e. The normalized spacial score (nSPS) is 10.4. The third-order valence-corrected chi connectivity index (χ3v) is 4.76. The van der Waals surface area contributed by atoms with E-state index in [9.17, 15) is 4.79 Å². The lowest BCUT2D eigenvalue weighted by molar-refractivity contribution is 0.0955. The van der Waals surface area contributed by atoms with Crippen molar-refractivity contribution in [1.29, 1.82) is 0 Å². The van der Waals surface area contributed by atoms with Crippen LogP contribution in [0, 0.1) is 6.92 Å². The van der Waals surface area contributed by atoms with Crippen molar-refractivity contribution in [3.05, 3.63) is 42.7 Å². The lowest BCUT2D eigenvalue weighted by Gasteiger charge is -2.02. The zero-order valence-corrected chi connectivity index (χ0v) is 11.8. The second-order valence-electron chi connectivity index (χ2n) is 3.32. The standard InChI is InChI=1S/C11H10BrNOS2/c1-7-4-5-15-10(7)11(14)13-6-8-2-3-9(12)16-8/h2-5H,6H2,1H3,(H,13,14). The molecular weight excluding hydrogens is 306 g/mol. The van der Waals surface area contributed by atoms with Gasteiger partial charge in [-0.2, -0.15) is 0 Å². The number of amides is 1. The molecule has 0 fully saturated rings. The predicted molar refractivity (Wildman–Crippen MR) is 72.2 cm³/mol. The van der Waals surface area contributed by atoms with E-state index in [2.05, 4.69) is 21.2 Å². The lowest BCUT2D eigenvalue weighted by Crippen LogP contribution is -2.21. The molecule has 0 unspecified atom stereocenters. The van der Waals surface area contributed by atoms with Crippen molar-refractivity contribution in [3.63, 3.8) is 0 Å². The van der Waals surface area contributed by atoms with Crippen LogP contribution in [0.1, 0.15) is 20.1 Å². The minimum absolute atomic E-state index is 0.0111. The van der Waals surface area contributed by atoms with Gasteiger partial charge in [0.05, 0.1) is 15.2 Å². The van der Waals surface area contributed by atoms with Crippen LogP contribution in [-0.4, -0.2) is 5.91 Å². The topological polar surface area (TPSA) is 29.1 Å². The molecule has 2 nitrogen and oxygen atoms in total. The molecule has 2 aromatic rings. The molecule has 0 bridgehead atoms. The van der Waals surface area contributed by atoms with E-state index in [0.29, 0.717) is 6.54 Å². The Labute approximate surface area is 110 Å².